The summed E-state index contributed by atoms with van der Waals surface area (Å²) in [5.41, 5.74) is 1.23. The number of carbonyl (C=O) groups excluding carboxylic acids is 1. The molecule has 0 spiro atoms. The van der Waals surface area contributed by atoms with Gasteiger partial charge >= 0.3 is 0 Å². The number of guanidine groups is 1. The Bertz CT molecular complexity index is 426. The maximum Gasteiger partial charge on any atom is 0.239 e. The third-order valence-corrected chi connectivity index (χ3v) is 3.34. The van der Waals surface area contributed by atoms with Gasteiger partial charge in [0.1, 0.15) is 0 Å². The van der Waals surface area contributed by atoms with E-state index in [-0.39, 0.29) is 36.4 Å². The predicted octanol–water partition coefficient (Wildman–Crippen LogP) is 1.14. The van der Waals surface area contributed by atoms with Crippen molar-refractivity contribution in [1.82, 2.24) is 15.5 Å². The average molecular weight is 426 g/mol. The number of thiophene rings is 1. The van der Waals surface area contributed by atoms with E-state index in [4.69, 9.17) is 4.74 Å². The summed E-state index contributed by atoms with van der Waals surface area (Å²) in [6, 6.07) is 2.08. The van der Waals surface area contributed by atoms with Crippen LogP contribution in [0.5, 0.6) is 0 Å². The van der Waals surface area contributed by atoms with Gasteiger partial charge in [0, 0.05) is 34.3 Å². The van der Waals surface area contributed by atoms with Crippen LogP contribution in [0.2, 0.25) is 0 Å². The SMILES string of the molecule is CN=C(NCC(=O)NCCOC)N(C)Cc1ccsc1.I. The quantitative estimate of drug-likeness (QED) is 0.297. The summed E-state index contributed by atoms with van der Waals surface area (Å²) in [7, 11) is 5.25. The molecule has 0 atom stereocenters. The molecular formula is C13H23IN4O2S. The summed E-state index contributed by atoms with van der Waals surface area (Å²) in [6.45, 7) is 1.98. The minimum atomic E-state index is -0.0767. The van der Waals surface area contributed by atoms with Crippen molar-refractivity contribution >= 4 is 47.2 Å². The Kier molecular flexibility index (Phi) is 11.3. The normalized spacial score (nSPS) is 10.7. The van der Waals surface area contributed by atoms with Crippen molar-refractivity contribution in [2.75, 3.05) is 40.9 Å². The summed E-state index contributed by atoms with van der Waals surface area (Å²) < 4.78 is 4.87. The maximum atomic E-state index is 11.6. The Labute approximate surface area is 147 Å². The fourth-order valence-electron chi connectivity index (χ4n) is 1.63. The highest BCUT2D eigenvalue weighted by molar-refractivity contribution is 14.0. The van der Waals surface area contributed by atoms with Crippen LogP contribution in [0.4, 0.5) is 0 Å². The van der Waals surface area contributed by atoms with Gasteiger partial charge in [0.05, 0.1) is 13.2 Å². The van der Waals surface area contributed by atoms with Crippen LogP contribution in [-0.4, -0.2) is 57.7 Å². The van der Waals surface area contributed by atoms with Crippen molar-refractivity contribution < 1.29 is 9.53 Å². The Balaban J connectivity index is 0.00000400. The van der Waals surface area contributed by atoms with Gasteiger partial charge in [0.15, 0.2) is 5.96 Å². The van der Waals surface area contributed by atoms with Crippen LogP contribution in [0.25, 0.3) is 0 Å². The Morgan fingerprint density at radius 2 is 2.24 bits per heavy atom. The zero-order valence-corrected chi connectivity index (χ0v) is 15.7. The lowest BCUT2D eigenvalue weighted by Crippen LogP contribution is -2.44. The van der Waals surface area contributed by atoms with Gasteiger partial charge in [-0.15, -0.1) is 24.0 Å². The summed E-state index contributed by atoms with van der Waals surface area (Å²) in [5, 5.41) is 9.93. The van der Waals surface area contributed by atoms with E-state index in [0.29, 0.717) is 19.1 Å². The van der Waals surface area contributed by atoms with Gasteiger partial charge in [-0.3, -0.25) is 9.79 Å². The van der Waals surface area contributed by atoms with E-state index in [1.54, 1.807) is 25.5 Å². The van der Waals surface area contributed by atoms with Crippen LogP contribution in [0.3, 0.4) is 0 Å². The standard InChI is InChI=1S/C13H22N4O2S.HI/c1-14-13(16-8-12(18)15-5-6-19-3)17(2)9-11-4-7-20-10-11;/h4,7,10H,5-6,8-9H2,1-3H3,(H,14,16)(H,15,18);1H. The van der Waals surface area contributed by atoms with E-state index < -0.39 is 0 Å². The molecule has 1 heterocycles. The van der Waals surface area contributed by atoms with Gasteiger partial charge in [0.25, 0.3) is 0 Å². The largest absolute Gasteiger partial charge is 0.383 e. The average Bonchev–Trinajstić information content (AvgIpc) is 2.92. The molecule has 0 unspecified atom stereocenters. The first-order chi connectivity index (χ1) is 9.67. The molecule has 1 amide bonds. The number of hydrogen-bond acceptors (Lipinski definition) is 4. The van der Waals surface area contributed by atoms with Crippen LogP contribution >= 0.6 is 35.3 Å². The highest BCUT2D eigenvalue weighted by atomic mass is 127. The van der Waals surface area contributed by atoms with E-state index in [1.165, 1.54) is 5.56 Å². The summed E-state index contributed by atoms with van der Waals surface area (Å²) >= 11 is 1.67. The molecule has 0 aliphatic rings. The first-order valence-electron chi connectivity index (χ1n) is 6.36. The molecule has 0 radical (unpaired) electrons. The van der Waals surface area contributed by atoms with Crippen LogP contribution in [-0.2, 0) is 16.1 Å². The molecule has 0 bridgehead atoms. The van der Waals surface area contributed by atoms with E-state index in [1.807, 2.05) is 17.3 Å². The second kappa shape index (κ2) is 11.8. The van der Waals surface area contributed by atoms with Crippen LogP contribution in [0.15, 0.2) is 21.8 Å². The van der Waals surface area contributed by atoms with Gasteiger partial charge < -0.3 is 20.3 Å². The third kappa shape index (κ3) is 8.22. The molecule has 8 heteroatoms. The molecule has 1 rings (SSSR count). The minimum Gasteiger partial charge on any atom is -0.383 e. The van der Waals surface area contributed by atoms with Crippen molar-refractivity contribution in [3.8, 4) is 0 Å². The molecule has 21 heavy (non-hydrogen) atoms. The number of hydrogen-bond donors (Lipinski definition) is 2. The number of carbonyl (C=O) groups is 1. The van der Waals surface area contributed by atoms with Gasteiger partial charge in [0.2, 0.25) is 5.91 Å². The lowest BCUT2D eigenvalue weighted by atomic mass is 10.3. The van der Waals surface area contributed by atoms with Crippen molar-refractivity contribution in [2.24, 2.45) is 4.99 Å². The number of nitrogens with one attached hydrogen (secondary N) is 2. The Morgan fingerprint density at radius 1 is 1.48 bits per heavy atom. The number of halogens is 1. The summed E-state index contributed by atoms with van der Waals surface area (Å²) in [4.78, 5) is 17.7. The molecule has 0 aliphatic heterocycles. The van der Waals surface area contributed by atoms with Crippen molar-refractivity contribution in [3.05, 3.63) is 22.4 Å². The first kappa shape index (κ1) is 20.1. The van der Waals surface area contributed by atoms with Crippen LogP contribution in [0.1, 0.15) is 5.56 Å². The van der Waals surface area contributed by atoms with E-state index in [2.05, 4.69) is 27.1 Å². The number of nitrogens with zero attached hydrogens (tertiary/aromatic N) is 2. The zero-order chi connectivity index (χ0) is 14.8. The van der Waals surface area contributed by atoms with E-state index >= 15 is 0 Å². The fourth-order valence-corrected chi connectivity index (χ4v) is 2.29. The number of ether oxygens (including phenoxy) is 1. The number of methoxy groups -OCH3 is 1. The lowest BCUT2D eigenvalue weighted by molar-refractivity contribution is -0.120. The van der Waals surface area contributed by atoms with Crippen molar-refractivity contribution in [3.63, 3.8) is 0 Å². The molecule has 0 saturated carbocycles. The third-order valence-electron chi connectivity index (χ3n) is 2.61. The van der Waals surface area contributed by atoms with Gasteiger partial charge in [-0.05, 0) is 22.4 Å². The molecule has 1 aromatic rings. The van der Waals surface area contributed by atoms with Gasteiger partial charge in [-0.2, -0.15) is 11.3 Å². The highest BCUT2D eigenvalue weighted by Crippen LogP contribution is 2.08. The van der Waals surface area contributed by atoms with E-state index in [9.17, 15) is 4.79 Å². The van der Waals surface area contributed by atoms with E-state index in [0.717, 1.165) is 6.54 Å². The Hall–Kier alpha value is -0.870. The molecule has 0 aliphatic carbocycles. The number of amides is 1. The zero-order valence-electron chi connectivity index (χ0n) is 12.6. The summed E-state index contributed by atoms with van der Waals surface area (Å²) in [6.07, 6.45) is 0. The topological polar surface area (TPSA) is 66.0 Å². The number of rotatable bonds is 7. The second-order valence-electron chi connectivity index (χ2n) is 4.23. The molecule has 120 valence electrons. The van der Waals surface area contributed by atoms with Gasteiger partial charge in [-0.25, -0.2) is 0 Å². The molecule has 0 aromatic carbocycles. The summed E-state index contributed by atoms with van der Waals surface area (Å²) in [5.74, 6) is 0.616. The maximum absolute atomic E-state index is 11.6. The lowest BCUT2D eigenvalue weighted by Gasteiger charge is -2.21. The molecule has 6 nitrogen and oxygen atoms in total. The Morgan fingerprint density at radius 3 is 2.81 bits per heavy atom. The molecule has 2 N–H and O–H groups in total. The van der Waals surface area contributed by atoms with Crippen LogP contribution < -0.4 is 10.6 Å². The molecule has 0 fully saturated rings. The monoisotopic (exact) mass is 426 g/mol. The van der Waals surface area contributed by atoms with Crippen LogP contribution in [0, 0.1) is 0 Å². The first-order valence-corrected chi connectivity index (χ1v) is 7.30. The molecular weight excluding hydrogens is 403 g/mol. The molecule has 1 aromatic heterocycles. The van der Waals surface area contributed by atoms with Gasteiger partial charge in [-0.1, -0.05) is 0 Å². The predicted molar refractivity (Wildman–Crippen MR) is 97.4 cm³/mol. The highest BCUT2D eigenvalue weighted by Gasteiger charge is 2.08. The smallest absolute Gasteiger partial charge is 0.239 e. The van der Waals surface area contributed by atoms with Crippen molar-refractivity contribution in [2.45, 2.75) is 6.54 Å². The second-order valence-corrected chi connectivity index (χ2v) is 5.01. The molecule has 0 saturated heterocycles. The number of aliphatic imine (C=N–C) groups is 1. The minimum absolute atomic E-state index is 0. The fraction of sp³-hybridized carbons (Fsp3) is 0.538. The van der Waals surface area contributed by atoms with Crippen molar-refractivity contribution in [1.29, 1.82) is 0 Å².